The van der Waals surface area contributed by atoms with E-state index in [-0.39, 0.29) is 11.6 Å². The molecule has 2 heterocycles. The van der Waals surface area contributed by atoms with Crippen molar-refractivity contribution in [1.29, 1.82) is 0 Å². The zero-order chi connectivity index (χ0) is 17.1. The van der Waals surface area contributed by atoms with E-state index in [0.717, 1.165) is 22.5 Å². The lowest BCUT2D eigenvalue weighted by Crippen LogP contribution is -2.23. The third-order valence-corrected chi connectivity index (χ3v) is 3.82. The lowest BCUT2D eigenvalue weighted by molar-refractivity contribution is 0.0942. The zero-order valence-electron chi connectivity index (χ0n) is 13.7. The second-order valence-electron chi connectivity index (χ2n) is 5.37. The van der Waals surface area contributed by atoms with Crippen LogP contribution in [0.2, 0.25) is 0 Å². The van der Waals surface area contributed by atoms with Crippen LogP contribution in [0, 0.1) is 13.8 Å². The average Bonchev–Trinajstić information content (AvgIpc) is 3.20. The molecule has 3 aromatic rings. The van der Waals surface area contributed by atoms with Crippen LogP contribution in [-0.2, 0) is 6.54 Å². The highest BCUT2D eigenvalue weighted by Gasteiger charge is 2.16. The number of nitrogens with one attached hydrogen (secondary N) is 2. The summed E-state index contributed by atoms with van der Waals surface area (Å²) in [6, 6.07) is 9.00. The molecule has 0 fully saturated rings. The fourth-order valence-electron chi connectivity index (χ4n) is 2.45. The van der Waals surface area contributed by atoms with E-state index in [1.54, 1.807) is 13.2 Å². The van der Waals surface area contributed by atoms with Crippen LogP contribution in [0.25, 0.3) is 11.3 Å². The van der Waals surface area contributed by atoms with Gasteiger partial charge in [-0.2, -0.15) is 5.10 Å². The molecule has 2 N–H and O–H groups in total. The van der Waals surface area contributed by atoms with E-state index in [1.807, 2.05) is 38.1 Å². The van der Waals surface area contributed by atoms with Gasteiger partial charge in [0.05, 0.1) is 18.4 Å². The van der Waals surface area contributed by atoms with E-state index in [4.69, 9.17) is 9.26 Å². The van der Waals surface area contributed by atoms with Gasteiger partial charge in [0.25, 0.3) is 5.91 Å². The number of hydrogen-bond donors (Lipinski definition) is 2. The third kappa shape index (κ3) is 3.01. The van der Waals surface area contributed by atoms with Crippen LogP contribution < -0.4 is 10.1 Å². The molecule has 3 rings (SSSR count). The van der Waals surface area contributed by atoms with Crippen LogP contribution in [-0.4, -0.2) is 28.4 Å². The summed E-state index contributed by atoms with van der Waals surface area (Å²) in [6.45, 7) is 4.18. The quantitative estimate of drug-likeness (QED) is 0.752. The molecule has 0 spiro atoms. The van der Waals surface area contributed by atoms with Gasteiger partial charge in [0, 0.05) is 23.9 Å². The Hall–Kier alpha value is -3.09. The highest BCUT2D eigenvalue weighted by Crippen LogP contribution is 2.29. The van der Waals surface area contributed by atoms with Crippen molar-refractivity contribution in [2.24, 2.45) is 0 Å². The molecule has 1 aromatic carbocycles. The fourth-order valence-corrected chi connectivity index (χ4v) is 2.45. The van der Waals surface area contributed by atoms with Crippen LogP contribution in [0.4, 0.5) is 0 Å². The van der Waals surface area contributed by atoms with Gasteiger partial charge in [0.15, 0.2) is 11.5 Å². The second kappa shape index (κ2) is 6.57. The monoisotopic (exact) mass is 326 g/mol. The first-order chi connectivity index (χ1) is 11.6. The van der Waals surface area contributed by atoms with Gasteiger partial charge in [-0.3, -0.25) is 9.89 Å². The number of rotatable bonds is 5. The Bertz CT molecular complexity index is 847. The second-order valence-corrected chi connectivity index (χ2v) is 5.37. The summed E-state index contributed by atoms with van der Waals surface area (Å²) in [7, 11) is 1.58. The number of ether oxygens (including phenoxy) is 1. The highest BCUT2D eigenvalue weighted by molar-refractivity contribution is 5.93. The van der Waals surface area contributed by atoms with Crippen LogP contribution >= 0.6 is 0 Å². The summed E-state index contributed by atoms with van der Waals surface area (Å²) < 4.78 is 10.6. The van der Waals surface area contributed by atoms with Crippen LogP contribution in [0.5, 0.6) is 5.75 Å². The number of para-hydroxylation sites is 1. The van der Waals surface area contributed by atoms with Crippen molar-refractivity contribution in [2.45, 2.75) is 20.4 Å². The van der Waals surface area contributed by atoms with Crippen molar-refractivity contribution in [3.63, 3.8) is 0 Å². The maximum Gasteiger partial charge on any atom is 0.273 e. The molecule has 0 bridgehead atoms. The van der Waals surface area contributed by atoms with E-state index in [1.165, 1.54) is 0 Å². The number of benzene rings is 1. The first kappa shape index (κ1) is 15.8. The van der Waals surface area contributed by atoms with Gasteiger partial charge >= 0.3 is 0 Å². The number of methoxy groups -OCH3 is 1. The molecule has 1 amide bonds. The summed E-state index contributed by atoms with van der Waals surface area (Å²) >= 11 is 0. The molecule has 0 atom stereocenters. The molecular formula is C17H18N4O3. The first-order valence-corrected chi connectivity index (χ1v) is 7.49. The predicted molar refractivity (Wildman–Crippen MR) is 87.7 cm³/mol. The van der Waals surface area contributed by atoms with Crippen molar-refractivity contribution >= 4 is 5.91 Å². The molecule has 124 valence electrons. The van der Waals surface area contributed by atoms with Crippen molar-refractivity contribution in [3.05, 3.63) is 53.0 Å². The van der Waals surface area contributed by atoms with Gasteiger partial charge in [-0.15, -0.1) is 0 Å². The Labute approximate surface area is 139 Å². The van der Waals surface area contributed by atoms with Crippen LogP contribution in [0.1, 0.15) is 27.4 Å². The molecular weight excluding hydrogens is 308 g/mol. The molecule has 0 aliphatic rings. The Morgan fingerprint density at radius 1 is 1.33 bits per heavy atom. The molecule has 2 aromatic heterocycles. The number of hydrogen-bond acceptors (Lipinski definition) is 5. The van der Waals surface area contributed by atoms with Gasteiger partial charge < -0.3 is 14.6 Å². The summed E-state index contributed by atoms with van der Waals surface area (Å²) in [6.07, 6.45) is 0. The molecule has 0 unspecified atom stereocenters. The largest absolute Gasteiger partial charge is 0.496 e. The van der Waals surface area contributed by atoms with E-state index in [9.17, 15) is 4.79 Å². The summed E-state index contributed by atoms with van der Waals surface area (Å²) in [5.74, 6) is 0.832. The minimum Gasteiger partial charge on any atom is -0.496 e. The van der Waals surface area contributed by atoms with Crippen molar-refractivity contribution in [3.8, 4) is 17.1 Å². The van der Waals surface area contributed by atoms with Crippen molar-refractivity contribution in [1.82, 2.24) is 20.7 Å². The Morgan fingerprint density at radius 2 is 2.12 bits per heavy atom. The first-order valence-electron chi connectivity index (χ1n) is 7.49. The Morgan fingerprint density at radius 3 is 2.83 bits per heavy atom. The molecule has 7 heteroatoms. The maximum absolute atomic E-state index is 12.3. The number of aromatic amines is 1. The lowest BCUT2D eigenvalue weighted by Gasteiger charge is -2.04. The number of aryl methyl sites for hydroxylation is 2. The maximum atomic E-state index is 12.3. The molecule has 0 saturated heterocycles. The number of carbonyl (C=O) groups is 1. The third-order valence-electron chi connectivity index (χ3n) is 3.82. The van der Waals surface area contributed by atoms with Gasteiger partial charge in [-0.25, -0.2) is 0 Å². The normalized spacial score (nSPS) is 10.6. The van der Waals surface area contributed by atoms with E-state index in [0.29, 0.717) is 18.1 Å². The molecule has 7 nitrogen and oxygen atoms in total. The molecule has 0 aliphatic heterocycles. The minimum atomic E-state index is -0.306. The minimum absolute atomic E-state index is 0.217. The smallest absolute Gasteiger partial charge is 0.273 e. The number of aromatic nitrogens is 3. The van der Waals surface area contributed by atoms with Crippen molar-refractivity contribution in [2.75, 3.05) is 7.11 Å². The van der Waals surface area contributed by atoms with Crippen molar-refractivity contribution < 1.29 is 14.1 Å². The SMILES string of the molecule is COc1ccccc1-c1cc(C(=O)NCc2c(C)n[nH]c2C)no1. The fraction of sp³-hybridized carbons (Fsp3) is 0.235. The van der Waals surface area contributed by atoms with Gasteiger partial charge in [0.2, 0.25) is 0 Å². The van der Waals surface area contributed by atoms with E-state index in [2.05, 4.69) is 20.7 Å². The molecule has 0 aliphatic carbocycles. The zero-order valence-corrected chi connectivity index (χ0v) is 13.7. The number of amides is 1. The number of H-pyrrole nitrogens is 1. The number of nitrogens with zero attached hydrogens (tertiary/aromatic N) is 2. The average molecular weight is 326 g/mol. The van der Waals surface area contributed by atoms with Gasteiger partial charge in [-0.1, -0.05) is 17.3 Å². The lowest BCUT2D eigenvalue weighted by atomic mass is 10.1. The number of carbonyl (C=O) groups excluding carboxylic acids is 1. The Balaban J connectivity index is 1.74. The predicted octanol–water partition coefficient (Wildman–Crippen LogP) is 2.62. The van der Waals surface area contributed by atoms with Gasteiger partial charge in [0.1, 0.15) is 5.75 Å². The van der Waals surface area contributed by atoms with Gasteiger partial charge in [-0.05, 0) is 26.0 Å². The standard InChI is InChI=1S/C17H18N4O3/c1-10-13(11(2)20-19-10)9-18-17(22)14-8-16(24-21-14)12-6-4-5-7-15(12)23-3/h4-8H,9H2,1-3H3,(H,18,22)(H,19,20). The highest BCUT2D eigenvalue weighted by atomic mass is 16.5. The molecule has 0 saturated carbocycles. The van der Waals surface area contributed by atoms with Crippen LogP contribution in [0.15, 0.2) is 34.9 Å². The molecule has 24 heavy (non-hydrogen) atoms. The topological polar surface area (TPSA) is 93.0 Å². The molecule has 0 radical (unpaired) electrons. The van der Waals surface area contributed by atoms with E-state index < -0.39 is 0 Å². The summed E-state index contributed by atoms with van der Waals surface area (Å²) in [5.41, 5.74) is 3.73. The summed E-state index contributed by atoms with van der Waals surface area (Å²) in [5, 5.41) is 13.7. The Kier molecular flexibility index (Phi) is 4.33. The summed E-state index contributed by atoms with van der Waals surface area (Å²) in [4.78, 5) is 12.3. The van der Waals surface area contributed by atoms with E-state index >= 15 is 0 Å². The van der Waals surface area contributed by atoms with Crippen LogP contribution in [0.3, 0.4) is 0 Å².